The van der Waals surface area contributed by atoms with E-state index in [0.717, 1.165) is 25.9 Å². The van der Waals surface area contributed by atoms with Crippen molar-refractivity contribution in [3.63, 3.8) is 0 Å². The van der Waals surface area contributed by atoms with Gasteiger partial charge in [-0.2, -0.15) is 0 Å². The lowest BCUT2D eigenvalue weighted by Gasteiger charge is -2.33. The number of carbonyl (C=O) groups excluding carboxylic acids is 1. The van der Waals surface area contributed by atoms with Gasteiger partial charge in [-0.25, -0.2) is 0 Å². The van der Waals surface area contributed by atoms with Crippen LogP contribution in [0.2, 0.25) is 0 Å². The fourth-order valence-corrected chi connectivity index (χ4v) is 2.67. The van der Waals surface area contributed by atoms with Crippen LogP contribution in [0.25, 0.3) is 0 Å². The number of carbonyl (C=O) groups is 1. The molecule has 1 aliphatic heterocycles. The molecule has 1 aliphatic carbocycles. The molecule has 4 heteroatoms. The lowest BCUT2D eigenvalue weighted by atomic mass is 9.80. The monoisotopic (exact) mass is 239 g/mol. The largest absolute Gasteiger partial charge is 0.352 e. The van der Waals surface area contributed by atoms with E-state index in [1.807, 2.05) is 0 Å². The number of nitrogens with two attached hydrogens (primary N) is 1. The van der Waals surface area contributed by atoms with Crippen LogP contribution in [0.3, 0.4) is 0 Å². The minimum Gasteiger partial charge on any atom is -0.352 e. The van der Waals surface area contributed by atoms with Gasteiger partial charge in [-0.1, -0.05) is 6.42 Å². The van der Waals surface area contributed by atoms with Gasteiger partial charge in [-0.05, 0) is 38.5 Å². The summed E-state index contributed by atoms with van der Waals surface area (Å²) in [7, 11) is 0. The van der Waals surface area contributed by atoms with E-state index < -0.39 is 0 Å². The first-order valence-corrected chi connectivity index (χ1v) is 6.92. The molecule has 0 spiro atoms. The highest BCUT2D eigenvalue weighted by atomic mass is 16.2. The van der Waals surface area contributed by atoms with Crippen LogP contribution < -0.4 is 11.1 Å². The van der Waals surface area contributed by atoms with Crippen molar-refractivity contribution >= 4 is 5.91 Å². The van der Waals surface area contributed by atoms with Crippen LogP contribution in [0.5, 0.6) is 0 Å². The molecule has 0 aromatic rings. The molecule has 17 heavy (non-hydrogen) atoms. The first kappa shape index (κ1) is 12.8. The van der Waals surface area contributed by atoms with Crippen molar-refractivity contribution in [1.82, 2.24) is 10.2 Å². The fraction of sp³-hybridized carbons (Fsp3) is 0.923. The number of nitrogens with one attached hydrogen (secondary N) is 1. The summed E-state index contributed by atoms with van der Waals surface area (Å²) in [5.74, 6) is 0.897. The van der Waals surface area contributed by atoms with Crippen molar-refractivity contribution in [2.45, 2.75) is 51.1 Å². The second kappa shape index (κ2) is 5.83. The predicted molar refractivity (Wildman–Crippen MR) is 68.6 cm³/mol. The van der Waals surface area contributed by atoms with Crippen molar-refractivity contribution < 1.29 is 4.79 Å². The van der Waals surface area contributed by atoms with Crippen molar-refractivity contribution in [3.8, 4) is 0 Å². The number of nitrogens with zero attached hydrogens (tertiary/aromatic N) is 1. The molecule has 2 fully saturated rings. The highest BCUT2D eigenvalue weighted by Crippen LogP contribution is 2.29. The summed E-state index contributed by atoms with van der Waals surface area (Å²) in [5.41, 5.74) is 5.85. The molecule has 0 aromatic heterocycles. The average molecular weight is 239 g/mol. The van der Waals surface area contributed by atoms with Crippen LogP contribution in [-0.4, -0.2) is 42.5 Å². The molecule has 1 amide bonds. The van der Waals surface area contributed by atoms with Crippen molar-refractivity contribution in [1.29, 1.82) is 0 Å². The van der Waals surface area contributed by atoms with Crippen LogP contribution in [0.15, 0.2) is 0 Å². The van der Waals surface area contributed by atoms with Crippen molar-refractivity contribution in [2.24, 2.45) is 11.7 Å². The van der Waals surface area contributed by atoms with Crippen LogP contribution in [0.1, 0.15) is 39.0 Å². The molecule has 2 aliphatic rings. The zero-order valence-electron chi connectivity index (χ0n) is 10.8. The minimum atomic E-state index is 0.180. The molecule has 0 bridgehead atoms. The molecule has 0 aromatic carbocycles. The number of hydrogen-bond acceptors (Lipinski definition) is 3. The van der Waals surface area contributed by atoms with Crippen molar-refractivity contribution in [2.75, 3.05) is 19.6 Å². The molecule has 98 valence electrons. The summed E-state index contributed by atoms with van der Waals surface area (Å²) in [4.78, 5) is 14.1. The minimum absolute atomic E-state index is 0.180. The van der Waals surface area contributed by atoms with E-state index in [9.17, 15) is 4.79 Å². The van der Waals surface area contributed by atoms with E-state index in [-0.39, 0.29) is 5.91 Å². The van der Waals surface area contributed by atoms with Crippen LogP contribution in [-0.2, 0) is 4.79 Å². The van der Waals surface area contributed by atoms with E-state index in [1.54, 1.807) is 0 Å². The first-order valence-electron chi connectivity index (χ1n) is 6.92. The number of piperidine rings is 1. The Hall–Kier alpha value is -0.610. The van der Waals surface area contributed by atoms with E-state index in [0.29, 0.717) is 24.5 Å². The van der Waals surface area contributed by atoms with Gasteiger partial charge < -0.3 is 11.1 Å². The second-order valence-corrected chi connectivity index (χ2v) is 5.66. The molecule has 1 atom stereocenters. The molecular weight excluding hydrogens is 214 g/mol. The summed E-state index contributed by atoms with van der Waals surface area (Å²) in [6.45, 7) is 4.61. The highest BCUT2D eigenvalue weighted by Gasteiger charge is 2.25. The number of rotatable bonds is 4. The Morgan fingerprint density at radius 2 is 2.00 bits per heavy atom. The molecule has 1 heterocycles. The summed E-state index contributed by atoms with van der Waals surface area (Å²) in [5, 5.41) is 3.13. The second-order valence-electron chi connectivity index (χ2n) is 5.66. The predicted octanol–water partition coefficient (Wildman–Crippen LogP) is 0.714. The Labute approximate surface area is 104 Å². The zero-order chi connectivity index (χ0) is 12.3. The normalized spacial score (nSPS) is 25.3. The molecule has 1 saturated heterocycles. The molecule has 3 N–H and O–H groups in total. The Balaban J connectivity index is 1.66. The van der Waals surface area contributed by atoms with Gasteiger partial charge in [-0.15, -0.1) is 0 Å². The van der Waals surface area contributed by atoms with Gasteiger partial charge >= 0.3 is 0 Å². The molecular formula is C13H25N3O. The standard InChI is InChI=1S/C13H25N3O/c1-10(11-3-2-4-11)15-13(17)9-16-7-5-12(14)6-8-16/h10-12H,2-9,14H2,1H3,(H,15,17). The summed E-state index contributed by atoms with van der Waals surface area (Å²) in [6.07, 6.45) is 5.92. The fourth-order valence-electron chi connectivity index (χ4n) is 2.67. The van der Waals surface area contributed by atoms with Crippen molar-refractivity contribution in [3.05, 3.63) is 0 Å². The van der Waals surface area contributed by atoms with Crippen LogP contribution in [0.4, 0.5) is 0 Å². The van der Waals surface area contributed by atoms with E-state index >= 15 is 0 Å². The summed E-state index contributed by atoms with van der Waals surface area (Å²) >= 11 is 0. The maximum Gasteiger partial charge on any atom is 0.234 e. The van der Waals surface area contributed by atoms with E-state index in [2.05, 4.69) is 17.1 Å². The highest BCUT2D eigenvalue weighted by molar-refractivity contribution is 5.78. The number of amides is 1. The maximum atomic E-state index is 11.9. The Kier molecular flexibility index (Phi) is 4.40. The lowest BCUT2D eigenvalue weighted by Crippen LogP contribution is -2.48. The third-order valence-electron chi connectivity index (χ3n) is 4.25. The third kappa shape index (κ3) is 3.68. The SMILES string of the molecule is CC(NC(=O)CN1CCC(N)CC1)C1CCC1. The van der Waals surface area contributed by atoms with Gasteiger partial charge in [0.15, 0.2) is 0 Å². The van der Waals surface area contributed by atoms with Crippen LogP contribution >= 0.6 is 0 Å². The maximum absolute atomic E-state index is 11.9. The van der Waals surface area contributed by atoms with Gasteiger partial charge in [0, 0.05) is 25.2 Å². The molecule has 0 radical (unpaired) electrons. The summed E-state index contributed by atoms with van der Waals surface area (Å²) < 4.78 is 0. The van der Waals surface area contributed by atoms with E-state index in [1.165, 1.54) is 19.3 Å². The molecule has 1 saturated carbocycles. The Morgan fingerprint density at radius 3 is 2.53 bits per heavy atom. The van der Waals surface area contributed by atoms with Gasteiger partial charge in [-0.3, -0.25) is 9.69 Å². The number of likely N-dealkylation sites (tertiary alicyclic amines) is 1. The third-order valence-corrected chi connectivity index (χ3v) is 4.25. The summed E-state index contributed by atoms with van der Waals surface area (Å²) in [6, 6.07) is 0.687. The Morgan fingerprint density at radius 1 is 1.35 bits per heavy atom. The Bertz CT molecular complexity index is 257. The lowest BCUT2D eigenvalue weighted by molar-refractivity contribution is -0.123. The molecule has 4 nitrogen and oxygen atoms in total. The van der Waals surface area contributed by atoms with Gasteiger partial charge in [0.1, 0.15) is 0 Å². The van der Waals surface area contributed by atoms with E-state index in [4.69, 9.17) is 5.73 Å². The zero-order valence-corrected chi connectivity index (χ0v) is 10.8. The van der Waals surface area contributed by atoms with Gasteiger partial charge in [0.25, 0.3) is 0 Å². The quantitative estimate of drug-likeness (QED) is 0.760. The average Bonchev–Trinajstić information content (AvgIpc) is 2.18. The number of hydrogen-bond donors (Lipinski definition) is 2. The van der Waals surface area contributed by atoms with Gasteiger partial charge in [0.05, 0.1) is 6.54 Å². The van der Waals surface area contributed by atoms with Gasteiger partial charge in [0.2, 0.25) is 5.91 Å². The molecule has 1 unspecified atom stereocenters. The topological polar surface area (TPSA) is 58.4 Å². The van der Waals surface area contributed by atoms with Crippen LogP contribution in [0, 0.1) is 5.92 Å². The molecule has 2 rings (SSSR count). The first-order chi connectivity index (χ1) is 8.15. The smallest absolute Gasteiger partial charge is 0.234 e.